The van der Waals surface area contributed by atoms with Crippen molar-refractivity contribution in [1.29, 1.82) is 0 Å². The van der Waals surface area contributed by atoms with Gasteiger partial charge in [0.1, 0.15) is 0 Å². The van der Waals surface area contributed by atoms with Crippen LogP contribution in [-0.2, 0) is 20.9 Å². The third-order valence-corrected chi connectivity index (χ3v) is 10.5. The van der Waals surface area contributed by atoms with E-state index in [-0.39, 0.29) is 18.4 Å². The van der Waals surface area contributed by atoms with E-state index in [4.69, 9.17) is 20.9 Å². The van der Waals surface area contributed by atoms with Crippen LogP contribution in [-0.4, -0.2) is 77.4 Å². The van der Waals surface area contributed by atoms with Crippen molar-refractivity contribution < 1.29 is 19.5 Å². The molecule has 3 aliphatic rings. The molecule has 3 fully saturated rings. The molecule has 8 nitrogen and oxygen atoms in total. The van der Waals surface area contributed by atoms with Crippen LogP contribution in [0.5, 0.6) is 0 Å². The highest BCUT2D eigenvalue weighted by atomic mass is 32.5. The van der Waals surface area contributed by atoms with E-state index in [0.717, 1.165) is 6.54 Å². The largest absolute Gasteiger partial charge is 0.313 e. The lowest BCUT2D eigenvalue weighted by molar-refractivity contribution is -0.258. The molecule has 3 rings (SSSR count). The van der Waals surface area contributed by atoms with Crippen LogP contribution in [0.4, 0.5) is 0 Å². The third-order valence-electron chi connectivity index (χ3n) is 7.32. The fraction of sp³-hybridized carbons (Fsp3) is 1.00. The van der Waals surface area contributed by atoms with E-state index < -0.39 is 28.8 Å². The van der Waals surface area contributed by atoms with Gasteiger partial charge in [-0.25, -0.2) is 5.01 Å². The van der Waals surface area contributed by atoms with Gasteiger partial charge in [0.15, 0.2) is 0 Å². The van der Waals surface area contributed by atoms with Crippen LogP contribution in [0.1, 0.15) is 94.9 Å². The Morgan fingerprint density at radius 3 is 1.34 bits per heavy atom. The number of piperidine rings is 2. The van der Waals surface area contributed by atoms with Crippen LogP contribution in [0, 0.1) is 0 Å². The van der Waals surface area contributed by atoms with Crippen LogP contribution < -0.4 is 0 Å². The molecule has 0 aromatic heterocycles. The summed E-state index contributed by atoms with van der Waals surface area (Å²) >= 11 is 6.23. The molecule has 0 bridgehead atoms. The first-order valence-corrected chi connectivity index (χ1v) is 14.5. The van der Waals surface area contributed by atoms with Gasteiger partial charge in [0, 0.05) is 28.7 Å². The molecule has 0 aliphatic carbocycles. The number of nitrogens with zero attached hydrogens (tertiary/aromatic N) is 4. The summed E-state index contributed by atoms with van der Waals surface area (Å²) in [5.74, 6) is 0. The van der Waals surface area contributed by atoms with Crippen molar-refractivity contribution in [2.45, 2.75) is 135 Å². The van der Waals surface area contributed by atoms with Gasteiger partial charge in [-0.05, 0) is 99.8 Å². The number of hydrogen-bond acceptors (Lipinski definition) is 8. The average Bonchev–Trinajstić information content (AvgIpc) is 3.27. The first kappa shape index (κ1) is 26.9. The van der Waals surface area contributed by atoms with Gasteiger partial charge in [-0.3, -0.25) is 0 Å². The second kappa shape index (κ2) is 8.47. The predicted octanol–water partition coefficient (Wildman–Crippen LogP) is 4.96. The molecule has 0 amide bonds. The van der Waals surface area contributed by atoms with Gasteiger partial charge in [0.25, 0.3) is 6.64 Å². The Balaban J connectivity index is 1.86. The van der Waals surface area contributed by atoms with Crippen molar-refractivity contribution in [3.63, 3.8) is 0 Å². The quantitative estimate of drug-likeness (QED) is 0.395. The van der Waals surface area contributed by atoms with E-state index in [1.165, 1.54) is 10.1 Å². The molecule has 3 heterocycles. The van der Waals surface area contributed by atoms with E-state index >= 15 is 0 Å². The highest BCUT2D eigenvalue weighted by Gasteiger charge is 2.56. The Hall–Kier alpha value is 0.330. The first-order valence-electron chi connectivity index (χ1n) is 11.9. The maximum absolute atomic E-state index is 10.7. The molecule has 3 aliphatic heterocycles. The number of hydrogen-bond donors (Lipinski definition) is 2. The summed E-state index contributed by atoms with van der Waals surface area (Å²) in [6.07, 6.45) is 2.66. The van der Waals surface area contributed by atoms with Crippen molar-refractivity contribution in [2.24, 2.45) is 0 Å². The molecule has 10 heteroatoms. The standard InChI is InChI=1S/C22H45N4O4PS/c1-11-23-16(2)24(23)31(32,29-17-12-19(3,4)25(27)20(5,6)13-17)30-18-14-21(7,8)26(28)22(9,10)15-18/h16-18,27-28H,11-15H2,1-10H3. The third kappa shape index (κ3) is 4.99. The summed E-state index contributed by atoms with van der Waals surface area (Å²) in [5, 5.41) is 26.5. The Kier molecular flexibility index (Phi) is 7.13. The summed E-state index contributed by atoms with van der Waals surface area (Å²) in [6.45, 7) is 18.6. The minimum atomic E-state index is -2.82. The highest BCUT2D eigenvalue weighted by molar-refractivity contribution is 8.08. The average molecular weight is 493 g/mol. The van der Waals surface area contributed by atoms with Gasteiger partial charge in [0.05, 0.1) is 18.4 Å². The Morgan fingerprint density at radius 2 is 1.09 bits per heavy atom. The summed E-state index contributed by atoms with van der Waals surface area (Å²) in [6, 6.07) is 0. The van der Waals surface area contributed by atoms with Gasteiger partial charge in [-0.2, -0.15) is 10.1 Å². The van der Waals surface area contributed by atoms with Crippen LogP contribution in [0.3, 0.4) is 0 Å². The number of hydrazine groups is 1. The summed E-state index contributed by atoms with van der Waals surface area (Å²) < 4.78 is 15.7. The molecule has 3 atom stereocenters. The predicted molar refractivity (Wildman–Crippen MR) is 130 cm³/mol. The minimum absolute atomic E-state index is 0.111. The zero-order chi connectivity index (χ0) is 24.5. The van der Waals surface area contributed by atoms with Gasteiger partial charge in [-0.15, -0.1) is 4.78 Å². The number of hydroxylamine groups is 4. The van der Waals surface area contributed by atoms with Gasteiger partial charge >= 0.3 is 0 Å². The summed E-state index contributed by atoms with van der Waals surface area (Å²) in [7, 11) is 0. The number of rotatable bonds is 6. The molecule has 0 aromatic rings. The first-order chi connectivity index (χ1) is 14.4. The van der Waals surface area contributed by atoms with Gasteiger partial charge in [-0.1, -0.05) is 6.92 Å². The lowest BCUT2D eigenvalue weighted by Gasteiger charge is -2.53. The van der Waals surface area contributed by atoms with E-state index in [0.29, 0.717) is 25.7 Å². The SMILES string of the molecule is CCN1C(C)N1P(=S)(OC1CC(C)(C)N(O)C(C)(C)C1)OC1CC(C)(C)N(O)C(C)(C)C1. The zero-order valence-corrected chi connectivity index (χ0v) is 23.3. The lowest BCUT2D eigenvalue weighted by Crippen LogP contribution is -2.61. The molecule has 3 saturated heterocycles. The molecule has 0 saturated carbocycles. The zero-order valence-electron chi connectivity index (χ0n) is 21.6. The minimum Gasteiger partial charge on any atom is -0.313 e. The topological polar surface area (TPSA) is 71.4 Å². The maximum Gasteiger partial charge on any atom is 0.279 e. The molecule has 0 radical (unpaired) electrons. The van der Waals surface area contributed by atoms with Crippen LogP contribution >= 0.6 is 6.64 Å². The van der Waals surface area contributed by atoms with E-state index in [2.05, 4.69) is 23.6 Å². The smallest absolute Gasteiger partial charge is 0.279 e. The van der Waals surface area contributed by atoms with Crippen molar-refractivity contribution in [3.05, 3.63) is 0 Å². The molecule has 188 valence electrons. The summed E-state index contributed by atoms with van der Waals surface area (Å²) in [5.41, 5.74) is -1.69. The fourth-order valence-corrected chi connectivity index (χ4v) is 9.81. The van der Waals surface area contributed by atoms with Gasteiger partial charge < -0.3 is 19.5 Å². The van der Waals surface area contributed by atoms with Crippen molar-refractivity contribution in [3.8, 4) is 0 Å². The van der Waals surface area contributed by atoms with Crippen LogP contribution in [0.25, 0.3) is 0 Å². The molecule has 32 heavy (non-hydrogen) atoms. The van der Waals surface area contributed by atoms with Crippen molar-refractivity contribution in [2.75, 3.05) is 6.54 Å². The van der Waals surface area contributed by atoms with Crippen molar-refractivity contribution >= 4 is 18.4 Å². The fourth-order valence-electron chi connectivity index (χ4n) is 6.06. The van der Waals surface area contributed by atoms with Crippen LogP contribution in [0.15, 0.2) is 0 Å². The lowest BCUT2D eigenvalue weighted by atomic mass is 9.80. The Labute approximate surface area is 199 Å². The van der Waals surface area contributed by atoms with Crippen LogP contribution in [0.2, 0.25) is 0 Å². The molecule has 2 N–H and O–H groups in total. The molecule has 0 spiro atoms. The van der Waals surface area contributed by atoms with Gasteiger partial charge in [0.2, 0.25) is 0 Å². The molecule has 3 unspecified atom stereocenters. The maximum atomic E-state index is 10.7. The Morgan fingerprint density at radius 1 is 0.781 bits per heavy atom. The second-order valence-corrected chi connectivity index (χ2v) is 15.5. The summed E-state index contributed by atoms with van der Waals surface area (Å²) in [4.78, 5) is 0. The molecule has 0 aromatic carbocycles. The normalized spacial score (nSPS) is 35.7. The van der Waals surface area contributed by atoms with E-state index in [1.54, 1.807) is 0 Å². The van der Waals surface area contributed by atoms with Crippen molar-refractivity contribution in [1.82, 2.24) is 19.9 Å². The molecular formula is C22H45N4O4PS. The monoisotopic (exact) mass is 492 g/mol. The Bertz CT molecular complexity index is 678. The highest BCUT2D eigenvalue weighted by Crippen LogP contribution is 2.64. The molecular weight excluding hydrogens is 447 g/mol. The van der Waals surface area contributed by atoms with E-state index in [1.807, 2.05) is 55.4 Å². The van der Waals surface area contributed by atoms with E-state index in [9.17, 15) is 10.4 Å². The second-order valence-electron chi connectivity index (χ2n) is 12.3.